The van der Waals surface area contributed by atoms with Gasteiger partial charge in [0.1, 0.15) is 0 Å². The highest BCUT2D eigenvalue weighted by Crippen LogP contribution is 2.38. The van der Waals surface area contributed by atoms with Crippen LogP contribution in [-0.4, -0.2) is 35.7 Å². The number of hydrogen-bond donors (Lipinski definition) is 2. The van der Waals surface area contributed by atoms with Crippen LogP contribution in [0.3, 0.4) is 0 Å². The van der Waals surface area contributed by atoms with Crippen molar-refractivity contribution in [3.05, 3.63) is 35.2 Å². The van der Waals surface area contributed by atoms with Crippen LogP contribution in [0.4, 0.5) is 0 Å². The van der Waals surface area contributed by atoms with E-state index in [4.69, 9.17) is 0 Å². The van der Waals surface area contributed by atoms with Crippen molar-refractivity contribution in [3.63, 3.8) is 0 Å². The minimum Gasteiger partial charge on any atom is -0.395 e. The lowest BCUT2D eigenvalue weighted by atomic mass is 9.83. The van der Waals surface area contributed by atoms with Crippen LogP contribution in [0.25, 0.3) is 0 Å². The number of aliphatic hydroxyl groups excluding tert-OH is 1. The number of nitrogens with one attached hydrogen (secondary N) is 1. The fourth-order valence-corrected chi connectivity index (χ4v) is 3.14. The Balaban J connectivity index is 2.07. The second-order valence-electron chi connectivity index (χ2n) is 5.07. The molecular formula is C14H20N2O. The molecule has 3 nitrogen and oxygen atoms in total. The highest BCUT2D eigenvalue weighted by molar-refractivity contribution is 5.46. The van der Waals surface area contributed by atoms with Gasteiger partial charge in [-0.25, -0.2) is 0 Å². The van der Waals surface area contributed by atoms with Gasteiger partial charge in [0.25, 0.3) is 0 Å². The monoisotopic (exact) mass is 232 g/mol. The Morgan fingerprint density at radius 2 is 2.41 bits per heavy atom. The molecule has 0 aromatic heterocycles. The summed E-state index contributed by atoms with van der Waals surface area (Å²) in [5.74, 6) is 0.232. The van der Waals surface area contributed by atoms with E-state index >= 15 is 0 Å². The predicted molar refractivity (Wildman–Crippen MR) is 68.2 cm³/mol. The van der Waals surface area contributed by atoms with Crippen LogP contribution in [0, 0.1) is 5.92 Å². The number of nitrogens with zero attached hydrogens (tertiary/aromatic N) is 1. The van der Waals surface area contributed by atoms with Gasteiger partial charge in [0, 0.05) is 36.9 Å². The first-order chi connectivity index (χ1) is 8.31. The van der Waals surface area contributed by atoms with E-state index in [2.05, 4.69) is 35.5 Å². The molecule has 1 saturated heterocycles. The van der Waals surface area contributed by atoms with Crippen LogP contribution in [-0.2, 0) is 0 Å². The van der Waals surface area contributed by atoms with Gasteiger partial charge in [-0.3, -0.25) is 0 Å². The van der Waals surface area contributed by atoms with Crippen LogP contribution < -0.4 is 5.32 Å². The number of allylic oxidation sites excluding steroid dienone is 1. The molecule has 2 N–H and O–H groups in total. The molecule has 2 aliphatic heterocycles. The largest absolute Gasteiger partial charge is 0.395 e. The molecule has 0 aromatic rings. The summed E-state index contributed by atoms with van der Waals surface area (Å²) in [5.41, 5.74) is 4.24. The maximum atomic E-state index is 9.49. The summed E-state index contributed by atoms with van der Waals surface area (Å²) in [7, 11) is 0. The van der Waals surface area contributed by atoms with Gasteiger partial charge in [0.15, 0.2) is 0 Å². The Bertz CT molecular complexity index is 408. The first-order valence-corrected chi connectivity index (χ1v) is 6.54. The molecule has 0 saturated carbocycles. The topological polar surface area (TPSA) is 35.5 Å². The minimum absolute atomic E-state index is 0.232. The summed E-state index contributed by atoms with van der Waals surface area (Å²) in [6.45, 7) is 4.51. The van der Waals surface area contributed by atoms with Crippen molar-refractivity contribution in [2.75, 3.05) is 19.7 Å². The molecule has 0 aromatic carbocycles. The molecule has 0 spiro atoms. The standard InChI is InChI=1S/C14H20N2O/c1-10-12-3-2-4-13-11(9-17)5-7-16(14(12)13)8-6-15-10/h3,5,7,10-11,15,17H,2,4,6,8-9H2,1H3. The van der Waals surface area contributed by atoms with Gasteiger partial charge < -0.3 is 15.3 Å². The van der Waals surface area contributed by atoms with Crippen molar-refractivity contribution in [1.29, 1.82) is 0 Å². The zero-order valence-electron chi connectivity index (χ0n) is 10.3. The van der Waals surface area contributed by atoms with Gasteiger partial charge in [0.2, 0.25) is 0 Å². The average Bonchev–Trinajstić information content (AvgIpc) is 2.52. The van der Waals surface area contributed by atoms with Crippen LogP contribution >= 0.6 is 0 Å². The van der Waals surface area contributed by atoms with Gasteiger partial charge >= 0.3 is 0 Å². The van der Waals surface area contributed by atoms with Gasteiger partial charge in [-0.15, -0.1) is 0 Å². The molecule has 2 atom stereocenters. The summed E-state index contributed by atoms with van der Waals surface area (Å²) in [6, 6.07) is 0.427. The summed E-state index contributed by atoms with van der Waals surface area (Å²) in [5, 5.41) is 13.0. The van der Waals surface area contributed by atoms with Crippen LogP contribution in [0.2, 0.25) is 0 Å². The van der Waals surface area contributed by atoms with E-state index in [0.717, 1.165) is 25.9 Å². The van der Waals surface area contributed by atoms with E-state index in [-0.39, 0.29) is 12.5 Å². The van der Waals surface area contributed by atoms with Gasteiger partial charge in [-0.1, -0.05) is 12.2 Å². The van der Waals surface area contributed by atoms with Gasteiger partial charge in [-0.2, -0.15) is 0 Å². The first-order valence-electron chi connectivity index (χ1n) is 6.54. The molecule has 1 aliphatic carbocycles. The van der Waals surface area contributed by atoms with Gasteiger partial charge in [0.05, 0.1) is 6.61 Å². The summed E-state index contributed by atoms with van der Waals surface area (Å²) in [4.78, 5) is 2.35. The quantitative estimate of drug-likeness (QED) is 0.717. The third-order valence-corrected chi connectivity index (χ3v) is 4.06. The fourth-order valence-electron chi connectivity index (χ4n) is 3.14. The minimum atomic E-state index is 0.232. The molecular weight excluding hydrogens is 212 g/mol. The van der Waals surface area contributed by atoms with E-state index in [0.29, 0.717) is 6.04 Å². The molecule has 2 heterocycles. The molecule has 2 unspecified atom stereocenters. The Morgan fingerprint density at radius 1 is 1.53 bits per heavy atom. The van der Waals surface area contributed by atoms with Crippen molar-refractivity contribution in [2.24, 2.45) is 5.92 Å². The Morgan fingerprint density at radius 3 is 3.24 bits per heavy atom. The molecule has 3 heteroatoms. The van der Waals surface area contributed by atoms with E-state index in [1.165, 1.54) is 16.8 Å². The second-order valence-corrected chi connectivity index (χ2v) is 5.07. The van der Waals surface area contributed by atoms with E-state index < -0.39 is 0 Å². The third kappa shape index (κ3) is 1.74. The average molecular weight is 232 g/mol. The smallest absolute Gasteiger partial charge is 0.0532 e. The normalized spacial score (nSPS) is 32.1. The highest BCUT2D eigenvalue weighted by Gasteiger charge is 2.31. The molecule has 0 bridgehead atoms. The number of aliphatic hydroxyl groups is 1. The third-order valence-electron chi connectivity index (χ3n) is 4.06. The Labute approximate surface area is 103 Å². The molecule has 3 rings (SSSR count). The lowest BCUT2D eigenvalue weighted by Crippen LogP contribution is -2.29. The van der Waals surface area contributed by atoms with Crippen LogP contribution in [0.5, 0.6) is 0 Å². The van der Waals surface area contributed by atoms with Crippen LogP contribution in [0.1, 0.15) is 19.8 Å². The zero-order chi connectivity index (χ0) is 11.8. The lowest BCUT2D eigenvalue weighted by Gasteiger charge is -2.35. The first kappa shape index (κ1) is 11.1. The highest BCUT2D eigenvalue weighted by atomic mass is 16.3. The number of rotatable bonds is 1. The van der Waals surface area contributed by atoms with Crippen molar-refractivity contribution in [1.82, 2.24) is 10.2 Å². The molecule has 17 heavy (non-hydrogen) atoms. The zero-order valence-corrected chi connectivity index (χ0v) is 10.3. The fraction of sp³-hybridized carbons (Fsp3) is 0.571. The lowest BCUT2D eigenvalue weighted by molar-refractivity contribution is 0.259. The Kier molecular flexibility index (Phi) is 2.81. The van der Waals surface area contributed by atoms with E-state index in [1.54, 1.807) is 0 Å². The summed E-state index contributed by atoms with van der Waals surface area (Å²) in [6.07, 6.45) is 8.87. The summed E-state index contributed by atoms with van der Waals surface area (Å²) < 4.78 is 0. The summed E-state index contributed by atoms with van der Waals surface area (Å²) >= 11 is 0. The predicted octanol–water partition coefficient (Wildman–Crippen LogP) is 1.39. The maximum Gasteiger partial charge on any atom is 0.0532 e. The van der Waals surface area contributed by atoms with Crippen molar-refractivity contribution < 1.29 is 5.11 Å². The Hall–Kier alpha value is -1.06. The van der Waals surface area contributed by atoms with Crippen molar-refractivity contribution in [3.8, 4) is 0 Å². The van der Waals surface area contributed by atoms with Crippen LogP contribution in [0.15, 0.2) is 35.2 Å². The van der Waals surface area contributed by atoms with Crippen molar-refractivity contribution in [2.45, 2.75) is 25.8 Å². The molecule has 0 amide bonds. The number of hydrogen-bond acceptors (Lipinski definition) is 3. The second kappa shape index (κ2) is 4.31. The molecule has 1 fully saturated rings. The SMILES string of the molecule is CC1NCCN2C=CC(CO)C3=C2C1=CCC3. The maximum absolute atomic E-state index is 9.49. The van der Waals surface area contributed by atoms with Crippen molar-refractivity contribution >= 4 is 0 Å². The molecule has 0 radical (unpaired) electrons. The van der Waals surface area contributed by atoms with E-state index in [1.807, 2.05) is 0 Å². The molecule has 3 aliphatic rings. The van der Waals surface area contributed by atoms with E-state index in [9.17, 15) is 5.11 Å². The molecule has 92 valence electrons. The van der Waals surface area contributed by atoms with Gasteiger partial charge in [-0.05, 0) is 30.9 Å².